The van der Waals surface area contributed by atoms with Crippen LogP contribution < -0.4 is 10.1 Å². The number of benzene rings is 1. The highest BCUT2D eigenvalue weighted by Gasteiger charge is 2.31. The average Bonchev–Trinajstić information content (AvgIpc) is 2.52. The molecular weight excluding hydrogens is 280 g/mol. The molecule has 2 saturated heterocycles. The van der Waals surface area contributed by atoms with Crippen molar-refractivity contribution in [1.29, 1.82) is 0 Å². The van der Waals surface area contributed by atoms with E-state index in [1.165, 1.54) is 0 Å². The maximum Gasteiger partial charge on any atom is 0.228 e. The van der Waals surface area contributed by atoms with Crippen LogP contribution in [0.4, 0.5) is 0 Å². The number of ether oxygens (including phenoxy) is 2. The Morgan fingerprint density at radius 3 is 2.64 bits per heavy atom. The fourth-order valence-electron chi connectivity index (χ4n) is 2.99. The van der Waals surface area contributed by atoms with Gasteiger partial charge in [-0.15, -0.1) is 0 Å². The summed E-state index contributed by atoms with van der Waals surface area (Å²) in [5.41, 5.74) is 1.07. The molecule has 0 spiro atoms. The van der Waals surface area contributed by atoms with E-state index in [0.717, 1.165) is 50.3 Å². The van der Waals surface area contributed by atoms with Crippen LogP contribution in [0.15, 0.2) is 24.3 Å². The van der Waals surface area contributed by atoms with Crippen LogP contribution in [0.3, 0.4) is 0 Å². The topological polar surface area (TPSA) is 50.8 Å². The van der Waals surface area contributed by atoms with Crippen molar-refractivity contribution in [2.45, 2.75) is 25.6 Å². The molecule has 1 aromatic carbocycles. The van der Waals surface area contributed by atoms with Crippen molar-refractivity contribution < 1.29 is 14.3 Å². The first-order chi connectivity index (χ1) is 10.8. The van der Waals surface area contributed by atoms with Crippen LogP contribution in [0.1, 0.15) is 18.4 Å². The Kier molecular flexibility index (Phi) is 4.95. The van der Waals surface area contributed by atoms with Crippen LogP contribution in [0.2, 0.25) is 0 Å². The summed E-state index contributed by atoms with van der Waals surface area (Å²) in [6.45, 7) is 3.86. The summed E-state index contributed by atoms with van der Waals surface area (Å²) in [5.74, 6) is 1.38. The molecule has 22 heavy (non-hydrogen) atoms. The third-order valence-corrected chi connectivity index (χ3v) is 4.55. The lowest BCUT2D eigenvalue weighted by Gasteiger charge is -2.36. The summed E-state index contributed by atoms with van der Waals surface area (Å²) in [6.07, 6.45) is 2.07. The SMILES string of the molecule is COc1ccccc1COC1CCN(C(=O)C2CNC2)CC1. The minimum absolute atomic E-state index is 0.200. The molecule has 0 atom stereocenters. The number of para-hydroxylation sites is 1. The highest BCUT2D eigenvalue weighted by molar-refractivity contribution is 5.80. The first-order valence-corrected chi connectivity index (χ1v) is 8.01. The highest BCUT2D eigenvalue weighted by atomic mass is 16.5. The monoisotopic (exact) mass is 304 g/mol. The second kappa shape index (κ2) is 7.11. The van der Waals surface area contributed by atoms with Crippen molar-refractivity contribution in [1.82, 2.24) is 10.2 Å². The smallest absolute Gasteiger partial charge is 0.228 e. The standard InChI is InChI=1S/C17H24N2O3/c1-21-16-5-3-2-4-13(16)12-22-15-6-8-19(9-7-15)17(20)14-10-18-11-14/h2-5,14-15,18H,6-12H2,1H3. The van der Waals surface area contributed by atoms with Gasteiger partial charge < -0.3 is 19.7 Å². The number of hydrogen-bond acceptors (Lipinski definition) is 4. The lowest BCUT2D eigenvalue weighted by Crippen LogP contribution is -2.53. The first kappa shape index (κ1) is 15.3. The van der Waals surface area contributed by atoms with Crippen molar-refractivity contribution in [3.8, 4) is 5.75 Å². The summed E-state index contributed by atoms with van der Waals surface area (Å²) in [4.78, 5) is 14.2. The number of carbonyl (C=O) groups is 1. The summed E-state index contributed by atoms with van der Waals surface area (Å²) in [6, 6.07) is 7.94. The molecule has 1 N–H and O–H groups in total. The van der Waals surface area contributed by atoms with E-state index in [1.54, 1.807) is 7.11 Å². The molecule has 2 heterocycles. The number of amides is 1. The van der Waals surface area contributed by atoms with Crippen LogP contribution in [0.25, 0.3) is 0 Å². The predicted molar refractivity (Wildman–Crippen MR) is 83.7 cm³/mol. The lowest BCUT2D eigenvalue weighted by molar-refractivity contribution is -0.139. The summed E-state index contributed by atoms with van der Waals surface area (Å²) in [7, 11) is 1.68. The number of likely N-dealkylation sites (tertiary alicyclic amines) is 1. The minimum Gasteiger partial charge on any atom is -0.496 e. The lowest BCUT2D eigenvalue weighted by atomic mass is 9.99. The maximum absolute atomic E-state index is 12.2. The van der Waals surface area contributed by atoms with Gasteiger partial charge in [0.15, 0.2) is 0 Å². The third-order valence-electron chi connectivity index (χ3n) is 4.55. The van der Waals surface area contributed by atoms with E-state index >= 15 is 0 Å². The van der Waals surface area contributed by atoms with Gasteiger partial charge in [0, 0.05) is 31.7 Å². The number of nitrogens with one attached hydrogen (secondary N) is 1. The van der Waals surface area contributed by atoms with Gasteiger partial charge in [-0.2, -0.15) is 0 Å². The van der Waals surface area contributed by atoms with Gasteiger partial charge in [0.05, 0.1) is 25.7 Å². The molecule has 0 saturated carbocycles. The molecule has 1 aromatic rings. The van der Waals surface area contributed by atoms with E-state index in [2.05, 4.69) is 5.32 Å². The van der Waals surface area contributed by atoms with Gasteiger partial charge in [-0.25, -0.2) is 0 Å². The normalized spacial score (nSPS) is 19.8. The maximum atomic E-state index is 12.2. The molecule has 0 aromatic heterocycles. The molecule has 0 unspecified atom stereocenters. The molecule has 5 nitrogen and oxygen atoms in total. The Balaban J connectivity index is 1.45. The van der Waals surface area contributed by atoms with Crippen LogP contribution in [0, 0.1) is 5.92 Å². The Bertz CT molecular complexity index is 508. The fraction of sp³-hybridized carbons (Fsp3) is 0.588. The zero-order chi connectivity index (χ0) is 15.4. The van der Waals surface area contributed by atoms with Gasteiger partial charge in [0.25, 0.3) is 0 Å². The van der Waals surface area contributed by atoms with E-state index in [4.69, 9.17) is 9.47 Å². The molecular formula is C17H24N2O3. The van der Waals surface area contributed by atoms with Crippen molar-refractivity contribution in [2.24, 2.45) is 5.92 Å². The Morgan fingerprint density at radius 2 is 2.00 bits per heavy atom. The first-order valence-electron chi connectivity index (χ1n) is 8.01. The quantitative estimate of drug-likeness (QED) is 0.894. The van der Waals surface area contributed by atoms with E-state index < -0.39 is 0 Å². The van der Waals surface area contributed by atoms with Crippen LogP contribution in [0.5, 0.6) is 5.75 Å². The van der Waals surface area contributed by atoms with Crippen molar-refractivity contribution in [2.75, 3.05) is 33.3 Å². The molecule has 3 rings (SSSR count). The van der Waals surface area contributed by atoms with Gasteiger partial charge in [0.2, 0.25) is 5.91 Å². The van der Waals surface area contributed by atoms with Crippen LogP contribution >= 0.6 is 0 Å². The number of methoxy groups -OCH3 is 1. The predicted octanol–water partition coefficient (Wildman–Crippen LogP) is 1.42. The van der Waals surface area contributed by atoms with E-state index in [9.17, 15) is 4.79 Å². The van der Waals surface area contributed by atoms with E-state index in [1.807, 2.05) is 29.2 Å². The molecule has 5 heteroatoms. The molecule has 2 fully saturated rings. The van der Waals surface area contributed by atoms with E-state index in [-0.39, 0.29) is 12.0 Å². The number of rotatable bonds is 5. The van der Waals surface area contributed by atoms with Gasteiger partial charge in [-0.3, -0.25) is 4.79 Å². The Morgan fingerprint density at radius 1 is 1.27 bits per heavy atom. The van der Waals surface area contributed by atoms with Gasteiger partial charge in [0.1, 0.15) is 5.75 Å². The number of piperidine rings is 1. The van der Waals surface area contributed by atoms with Crippen LogP contribution in [-0.4, -0.2) is 50.2 Å². The highest BCUT2D eigenvalue weighted by Crippen LogP contribution is 2.22. The minimum atomic E-state index is 0.200. The fourth-order valence-corrected chi connectivity index (χ4v) is 2.99. The third kappa shape index (κ3) is 3.42. The molecule has 0 bridgehead atoms. The molecule has 2 aliphatic rings. The van der Waals surface area contributed by atoms with Crippen LogP contribution in [-0.2, 0) is 16.1 Å². The Labute approximate surface area is 131 Å². The second-order valence-corrected chi connectivity index (χ2v) is 6.00. The van der Waals surface area contributed by atoms with E-state index in [0.29, 0.717) is 12.5 Å². The molecule has 1 amide bonds. The number of carbonyl (C=O) groups excluding carboxylic acids is 1. The van der Waals surface area contributed by atoms with Gasteiger partial charge in [-0.05, 0) is 18.9 Å². The summed E-state index contributed by atoms with van der Waals surface area (Å²) < 4.78 is 11.4. The summed E-state index contributed by atoms with van der Waals surface area (Å²) >= 11 is 0. The molecule has 2 aliphatic heterocycles. The van der Waals surface area contributed by atoms with Crippen molar-refractivity contribution in [3.63, 3.8) is 0 Å². The average molecular weight is 304 g/mol. The largest absolute Gasteiger partial charge is 0.496 e. The molecule has 0 radical (unpaired) electrons. The molecule has 120 valence electrons. The van der Waals surface area contributed by atoms with Gasteiger partial charge in [-0.1, -0.05) is 18.2 Å². The zero-order valence-corrected chi connectivity index (χ0v) is 13.1. The zero-order valence-electron chi connectivity index (χ0n) is 13.1. The number of nitrogens with zero attached hydrogens (tertiary/aromatic N) is 1. The van der Waals surface area contributed by atoms with Crippen molar-refractivity contribution >= 4 is 5.91 Å². The number of hydrogen-bond donors (Lipinski definition) is 1. The molecule has 0 aliphatic carbocycles. The van der Waals surface area contributed by atoms with Crippen molar-refractivity contribution in [3.05, 3.63) is 29.8 Å². The summed E-state index contributed by atoms with van der Waals surface area (Å²) in [5, 5.41) is 3.16. The second-order valence-electron chi connectivity index (χ2n) is 6.00. The Hall–Kier alpha value is -1.59. The van der Waals surface area contributed by atoms with Gasteiger partial charge >= 0.3 is 0 Å².